The van der Waals surface area contributed by atoms with Crippen LogP contribution in [0.25, 0.3) is 0 Å². The number of unbranched alkanes of at least 4 members (excludes halogenated alkanes) is 23. The molecule has 0 saturated heterocycles. The van der Waals surface area contributed by atoms with Crippen LogP contribution in [-0.2, 0) is 55.8 Å². The normalized spacial score (nSPS) is 14.9. The second-order valence-electron chi connectivity index (χ2n) is 21.2. The van der Waals surface area contributed by atoms with Gasteiger partial charge in [-0.3, -0.25) is 32.5 Å². The third-order valence-electron chi connectivity index (χ3n) is 13.1. The summed E-state index contributed by atoms with van der Waals surface area (Å²) in [5, 5.41) is 20.5. The number of aliphatic hydroxyl groups excluding tert-OH is 2. The minimum absolute atomic E-state index is 0.105. The van der Waals surface area contributed by atoms with Crippen LogP contribution in [-0.4, -0.2) is 95.9 Å². The summed E-state index contributed by atoms with van der Waals surface area (Å²) in [6, 6.07) is 0. The predicted octanol–water partition coefficient (Wildman–Crippen LogP) is 17.0. The Hall–Kier alpha value is -3.27. The highest BCUT2D eigenvalue weighted by Gasteiger charge is 2.29. The Morgan fingerprint density at radius 2 is 0.639 bits per heavy atom. The van der Waals surface area contributed by atoms with E-state index in [1.807, 2.05) is 0 Å². The molecule has 5 unspecified atom stereocenters. The minimum atomic E-state index is -4.92. The van der Waals surface area contributed by atoms with Crippen molar-refractivity contribution in [2.24, 2.45) is 0 Å². The number of hydrogen-bond acceptors (Lipinski definition) is 14. The van der Waals surface area contributed by atoms with Crippen molar-refractivity contribution in [2.75, 3.05) is 39.6 Å². The van der Waals surface area contributed by atoms with Crippen LogP contribution >= 0.6 is 15.6 Å². The number of phosphoric acid groups is 2. The van der Waals surface area contributed by atoms with Crippen LogP contribution in [0.15, 0.2) is 85.1 Å². The van der Waals surface area contributed by atoms with Gasteiger partial charge >= 0.3 is 33.6 Å². The third kappa shape index (κ3) is 60.2. The molecule has 480 valence electrons. The van der Waals surface area contributed by atoms with Gasteiger partial charge in [-0.2, -0.15) is 0 Å². The molecular weight excluding hydrogens is 1100 g/mol. The number of aliphatic hydroxyl groups is 2. The molecule has 0 aliphatic rings. The second kappa shape index (κ2) is 59.1. The van der Waals surface area contributed by atoms with Crippen LogP contribution in [0.2, 0.25) is 0 Å². The maximum absolute atomic E-state index is 12.8. The number of esters is 3. The Labute approximate surface area is 502 Å². The molecule has 16 nitrogen and oxygen atoms in total. The summed E-state index contributed by atoms with van der Waals surface area (Å²) in [4.78, 5) is 58.2. The molecule has 0 amide bonds. The van der Waals surface area contributed by atoms with E-state index in [0.717, 1.165) is 154 Å². The largest absolute Gasteiger partial charge is 0.472 e. The summed E-state index contributed by atoms with van der Waals surface area (Å²) in [7, 11) is -9.76. The van der Waals surface area contributed by atoms with Crippen molar-refractivity contribution < 1.29 is 75.8 Å². The molecule has 4 N–H and O–H groups in total. The number of hydrogen-bond donors (Lipinski definition) is 4. The van der Waals surface area contributed by atoms with Crippen LogP contribution in [0, 0.1) is 0 Å². The summed E-state index contributed by atoms with van der Waals surface area (Å²) in [5.74, 6) is -1.60. The molecule has 0 aliphatic carbocycles. The average molecular weight is 1210 g/mol. The Morgan fingerprint density at radius 1 is 0.349 bits per heavy atom. The number of allylic oxidation sites excluding steroid dienone is 14. The molecule has 0 aromatic rings. The van der Waals surface area contributed by atoms with Crippen LogP contribution in [0.5, 0.6) is 0 Å². The van der Waals surface area contributed by atoms with Crippen molar-refractivity contribution in [2.45, 2.75) is 270 Å². The fourth-order valence-electron chi connectivity index (χ4n) is 8.28. The summed E-state index contributed by atoms with van der Waals surface area (Å²) < 4.78 is 60.7. The number of carbonyl (C=O) groups excluding carboxylic acids is 3. The van der Waals surface area contributed by atoms with Crippen LogP contribution in [0.4, 0.5) is 0 Å². The average Bonchev–Trinajstić information content (AvgIpc) is 3.47. The van der Waals surface area contributed by atoms with Crippen molar-refractivity contribution in [3.05, 3.63) is 85.1 Å². The lowest BCUT2D eigenvalue weighted by atomic mass is 10.1. The van der Waals surface area contributed by atoms with Gasteiger partial charge < -0.3 is 34.2 Å². The molecule has 0 aliphatic heterocycles. The molecule has 0 aromatic carbocycles. The van der Waals surface area contributed by atoms with E-state index in [9.17, 15) is 43.5 Å². The van der Waals surface area contributed by atoms with Gasteiger partial charge in [0.15, 0.2) is 6.10 Å². The lowest BCUT2D eigenvalue weighted by Gasteiger charge is -2.21. The van der Waals surface area contributed by atoms with Crippen LogP contribution in [0.3, 0.4) is 0 Å². The van der Waals surface area contributed by atoms with Gasteiger partial charge in [0.25, 0.3) is 0 Å². The van der Waals surface area contributed by atoms with E-state index in [4.69, 9.17) is 32.3 Å². The Balaban J connectivity index is 4.62. The first-order chi connectivity index (χ1) is 40.2. The second-order valence-corrected chi connectivity index (χ2v) is 24.1. The van der Waals surface area contributed by atoms with Gasteiger partial charge in [0.2, 0.25) is 0 Å². The van der Waals surface area contributed by atoms with Gasteiger partial charge in [-0.05, 0) is 89.9 Å². The molecular formula is C65H114O16P2. The number of ether oxygens (including phenoxy) is 3. The standard InChI is InChI=1S/C65H114O16P2/c1-4-7-10-13-16-19-22-24-26-28-29-31-33-34-37-39-42-45-48-51-63(68)75-54-60(66)55-77-82(71,72)78-56-61(67)57-79-83(73,74)80-59-62(81-65(70)53-50-47-44-41-36-21-18-15-12-9-6-3)58-76-64(69)52-49-46-43-40-38-35-32-30-27-25-23-20-17-14-11-8-5-2/h7-8,10-11,16-17,19-20,24-27,29,31,60-62,66-67H,4-6,9,12-15,18,21-23,28,30,32-59H2,1-3H3,(H,71,72)(H,73,74)/b10-7-,11-8-,19-16-,20-17-,26-24-,27-25-,31-29-. The number of phosphoric ester groups is 2. The first-order valence-electron chi connectivity index (χ1n) is 31.9. The van der Waals surface area contributed by atoms with Crippen molar-refractivity contribution in [1.82, 2.24) is 0 Å². The lowest BCUT2D eigenvalue weighted by Crippen LogP contribution is -2.30. The van der Waals surface area contributed by atoms with Gasteiger partial charge in [-0.1, -0.05) is 228 Å². The molecule has 0 bridgehead atoms. The van der Waals surface area contributed by atoms with Gasteiger partial charge in [0.1, 0.15) is 25.4 Å². The highest BCUT2D eigenvalue weighted by molar-refractivity contribution is 7.47. The monoisotopic (exact) mass is 1210 g/mol. The highest BCUT2D eigenvalue weighted by atomic mass is 31.2. The Bertz CT molecular complexity index is 1860. The lowest BCUT2D eigenvalue weighted by molar-refractivity contribution is -0.161. The Kier molecular flexibility index (Phi) is 56.8. The van der Waals surface area contributed by atoms with E-state index in [0.29, 0.717) is 19.3 Å². The third-order valence-corrected chi connectivity index (χ3v) is 15.0. The van der Waals surface area contributed by atoms with E-state index in [-0.39, 0.29) is 19.3 Å². The van der Waals surface area contributed by atoms with E-state index in [2.05, 4.69) is 106 Å². The quantitative estimate of drug-likeness (QED) is 0.0146. The Morgan fingerprint density at radius 3 is 1.01 bits per heavy atom. The number of carbonyl (C=O) groups is 3. The number of rotatable bonds is 60. The van der Waals surface area contributed by atoms with Crippen molar-refractivity contribution in [3.63, 3.8) is 0 Å². The van der Waals surface area contributed by atoms with Gasteiger partial charge in [-0.15, -0.1) is 0 Å². The molecule has 0 fully saturated rings. The zero-order valence-electron chi connectivity index (χ0n) is 51.6. The molecule has 0 aromatic heterocycles. The maximum Gasteiger partial charge on any atom is 0.472 e. The SMILES string of the molecule is CC/C=C\C/C=C\C/C=C\C/C=C\CCCCCCCCC(=O)OCC(O)COP(=O)(O)OCC(O)COP(=O)(O)OCC(COC(=O)CCCCCCCCC/C=C\C/C=C\C/C=C\CC)OC(=O)CCCCCCCCCCCCC. The van der Waals surface area contributed by atoms with E-state index in [1.54, 1.807) is 0 Å². The highest BCUT2D eigenvalue weighted by Crippen LogP contribution is 2.45. The van der Waals surface area contributed by atoms with Gasteiger partial charge in [0.05, 0.1) is 26.4 Å². The molecule has 0 rings (SSSR count). The van der Waals surface area contributed by atoms with E-state index < -0.39 is 91.5 Å². The zero-order valence-corrected chi connectivity index (χ0v) is 53.4. The topological polar surface area (TPSA) is 231 Å². The zero-order chi connectivity index (χ0) is 61.0. The van der Waals surface area contributed by atoms with Crippen LogP contribution < -0.4 is 0 Å². The summed E-state index contributed by atoms with van der Waals surface area (Å²) in [6.07, 6.45) is 60.7. The van der Waals surface area contributed by atoms with Crippen molar-refractivity contribution in [1.29, 1.82) is 0 Å². The molecule has 0 spiro atoms. The smallest absolute Gasteiger partial charge is 0.463 e. The maximum atomic E-state index is 12.8. The molecule has 18 heteroatoms. The predicted molar refractivity (Wildman–Crippen MR) is 334 cm³/mol. The molecule has 5 atom stereocenters. The van der Waals surface area contributed by atoms with E-state index in [1.165, 1.54) is 38.5 Å². The summed E-state index contributed by atoms with van der Waals surface area (Å²) >= 11 is 0. The van der Waals surface area contributed by atoms with Crippen LogP contribution in [0.1, 0.15) is 252 Å². The first-order valence-corrected chi connectivity index (χ1v) is 34.9. The summed E-state index contributed by atoms with van der Waals surface area (Å²) in [5.41, 5.74) is 0. The molecule has 0 heterocycles. The minimum Gasteiger partial charge on any atom is -0.463 e. The first kappa shape index (κ1) is 79.7. The molecule has 0 radical (unpaired) electrons. The molecule has 0 saturated carbocycles. The van der Waals surface area contributed by atoms with Crippen molar-refractivity contribution >= 4 is 33.6 Å². The molecule has 83 heavy (non-hydrogen) atoms. The summed E-state index contributed by atoms with van der Waals surface area (Å²) in [6.45, 7) is 2.40. The van der Waals surface area contributed by atoms with Gasteiger partial charge in [-0.25, -0.2) is 9.13 Å². The fraction of sp³-hybridized carbons (Fsp3) is 0.738. The van der Waals surface area contributed by atoms with Gasteiger partial charge in [0, 0.05) is 19.3 Å². The fourth-order valence-corrected chi connectivity index (χ4v) is 9.87. The van der Waals surface area contributed by atoms with E-state index >= 15 is 0 Å². The van der Waals surface area contributed by atoms with Crippen molar-refractivity contribution in [3.8, 4) is 0 Å².